The van der Waals surface area contributed by atoms with Crippen LogP contribution in [0.5, 0.6) is 0 Å². The van der Waals surface area contributed by atoms with Gasteiger partial charge in [-0.1, -0.05) is 0 Å². The van der Waals surface area contributed by atoms with Crippen molar-refractivity contribution in [2.45, 2.75) is 95.6 Å². The molecular formula is C16H36Bi. The predicted molar refractivity (Wildman–Crippen MR) is 84.6 cm³/mol. The van der Waals surface area contributed by atoms with Crippen LogP contribution in [0.4, 0.5) is 0 Å². The van der Waals surface area contributed by atoms with Crippen molar-refractivity contribution < 1.29 is 0 Å². The fraction of sp³-hybridized carbons (Fsp3) is 1.00. The predicted octanol–water partition coefficient (Wildman–Crippen LogP) is 6.64. The quantitative estimate of drug-likeness (QED) is 0.301. The monoisotopic (exact) mass is 437 g/mol. The molecule has 0 nitrogen and oxygen atoms in total. The van der Waals surface area contributed by atoms with E-state index in [0.717, 1.165) is 0 Å². The van der Waals surface area contributed by atoms with E-state index in [1.807, 2.05) is 0 Å². The molecule has 0 spiro atoms. The van der Waals surface area contributed by atoms with Crippen LogP contribution in [-0.2, 0) is 0 Å². The molecule has 0 aliphatic rings. The van der Waals surface area contributed by atoms with Crippen molar-refractivity contribution in [1.82, 2.24) is 0 Å². The Bertz CT molecular complexity index is 116. The second-order valence-electron chi connectivity index (χ2n) is 5.65. The number of hydrogen-bond donors (Lipinski definition) is 0. The summed E-state index contributed by atoms with van der Waals surface area (Å²) in [6, 6.07) is 0. The summed E-state index contributed by atoms with van der Waals surface area (Å²) in [6.45, 7) is 9.49. The van der Waals surface area contributed by atoms with Crippen LogP contribution in [0, 0.1) is 0 Å². The maximum atomic E-state index is 2.37. The van der Waals surface area contributed by atoms with E-state index in [0.29, 0.717) is 0 Å². The Morgan fingerprint density at radius 1 is 0.471 bits per heavy atom. The Kier molecular flexibility index (Phi) is 12.6. The molecule has 105 valence electrons. The summed E-state index contributed by atoms with van der Waals surface area (Å²) in [5.41, 5.74) is 0. The van der Waals surface area contributed by atoms with E-state index in [9.17, 15) is 0 Å². The molecule has 1 radical (unpaired) electrons. The van der Waals surface area contributed by atoms with Crippen LogP contribution in [-0.4, -0.2) is 20.3 Å². The van der Waals surface area contributed by atoms with Crippen LogP contribution < -0.4 is 0 Å². The third-order valence-electron chi connectivity index (χ3n) is 3.94. The summed E-state index contributed by atoms with van der Waals surface area (Å²) in [7, 11) is 0. The summed E-state index contributed by atoms with van der Waals surface area (Å²) in [5, 5.41) is 0. The second-order valence-corrected chi connectivity index (χ2v) is 23.0. The molecule has 0 aromatic carbocycles. The Balaban J connectivity index is 4.39. The van der Waals surface area contributed by atoms with Crippen molar-refractivity contribution in [3.05, 3.63) is 0 Å². The van der Waals surface area contributed by atoms with Crippen LogP contribution in [0.2, 0.25) is 16.5 Å². The molecule has 0 bridgehead atoms. The summed E-state index contributed by atoms with van der Waals surface area (Å²) >= 11 is -1.75. The topological polar surface area (TPSA) is 0 Å². The number of rotatable bonds is 12. The van der Waals surface area contributed by atoms with Gasteiger partial charge in [-0.3, -0.25) is 0 Å². The average molecular weight is 437 g/mol. The molecule has 0 amide bonds. The first-order valence-electron chi connectivity index (χ1n) is 8.09. The number of unbranched alkanes of at least 4 members (excludes halogenated alkanes) is 4. The van der Waals surface area contributed by atoms with Gasteiger partial charge in [-0.05, 0) is 0 Å². The van der Waals surface area contributed by atoms with Gasteiger partial charge >= 0.3 is 116 Å². The molecule has 0 atom stereocenters. The first-order valence-corrected chi connectivity index (χ1v) is 17.9. The fourth-order valence-corrected chi connectivity index (χ4v) is 23.2. The molecule has 0 rings (SSSR count). The van der Waals surface area contributed by atoms with Crippen molar-refractivity contribution in [1.29, 1.82) is 0 Å². The maximum absolute atomic E-state index is 2.37. The summed E-state index contributed by atoms with van der Waals surface area (Å²) < 4.78 is 6.82. The van der Waals surface area contributed by atoms with Crippen molar-refractivity contribution in [3.63, 3.8) is 0 Å². The van der Waals surface area contributed by atoms with Gasteiger partial charge in [-0.2, -0.15) is 0 Å². The molecule has 1 heteroatoms. The van der Waals surface area contributed by atoms with Gasteiger partial charge in [-0.15, -0.1) is 0 Å². The molecule has 0 aromatic heterocycles. The third-order valence-corrected chi connectivity index (χ3v) is 23.6. The summed E-state index contributed by atoms with van der Waals surface area (Å²) in [6.07, 6.45) is 11.8. The SMILES string of the molecule is CCC[CH2][Bi]([CH2]CCC)([CH2]CCC)[CH2]CCC. The van der Waals surface area contributed by atoms with Crippen LogP contribution in [0.25, 0.3) is 0 Å². The third kappa shape index (κ3) is 8.58. The van der Waals surface area contributed by atoms with Gasteiger partial charge in [0, 0.05) is 0 Å². The summed E-state index contributed by atoms with van der Waals surface area (Å²) in [5.74, 6) is 0. The molecule has 0 saturated carbocycles. The molecule has 0 fully saturated rings. The average Bonchev–Trinajstić information content (AvgIpc) is 2.37. The van der Waals surface area contributed by atoms with Gasteiger partial charge in [0.2, 0.25) is 0 Å². The van der Waals surface area contributed by atoms with Crippen molar-refractivity contribution >= 4 is 20.3 Å². The van der Waals surface area contributed by atoms with Gasteiger partial charge in [0.05, 0.1) is 0 Å². The van der Waals surface area contributed by atoms with Gasteiger partial charge < -0.3 is 0 Å². The standard InChI is InChI=1S/4C4H9.Bi/c4*1-3-4-2;/h4*1,3-4H2,2H3;. The summed E-state index contributed by atoms with van der Waals surface area (Å²) in [4.78, 5) is 0. The molecule has 0 aromatic rings. The van der Waals surface area contributed by atoms with Gasteiger partial charge in [0.25, 0.3) is 0 Å². The second kappa shape index (κ2) is 11.9. The molecule has 0 unspecified atom stereocenters. The van der Waals surface area contributed by atoms with Crippen molar-refractivity contribution in [3.8, 4) is 0 Å². The molecule has 17 heavy (non-hydrogen) atoms. The Hall–Kier alpha value is 0.883. The van der Waals surface area contributed by atoms with E-state index in [-0.39, 0.29) is 0 Å². The molecular weight excluding hydrogens is 401 g/mol. The first-order chi connectivity index (χ1) is 8.24. The zero-order valence-corrected chi connectivity index (χ0v) is 16.4. The van der Waals surface area contributed by atoms with E-state index in [1.165, 1.54) is 51.4 Å². The Morgan fingerprint density at radius 3 is 0.882 bits per heavy atom. The van der Waals surface area contributed by atoms with Gasteiger partial charge in [0.15, 0.2) is 0 Å². The Labute approximate surface area is 115 Å². The van der Waals surface area contributed by atoms with Crippen LogP contribution in [0.15, 0.2) is 0 Å². The fourth-order valence-electron chi connectivity index (χ4n) is 2.64. The van der Waals surface area contributed by atoms with E-state index in [1.54, 1.807) is 16.5 Å². The van der Waals surface area contributed by atoms with Gasteiger partial charge in [-0.25, -0.2) is 0 Å². The van der Waals surface area contributed by atoms with Gasteiger partial charge in [0.1, 0.15) is 0 Å². The first kappa shape index (κ1) is 17.9. The molecule has 0 aliphatic carbocycles. The Morgan fingerprint density at radius 2 is 0.706 bits per heavy atom. The van der Waals surface area contributed by atoms with Crippen molar-refractivity contribution in [2.24, 2.45) is 0 Å². The van der Waals surface area contributed by atoms with Crippen LogP contribution in [0.1, 0.15) is 79.1 Å². The number of hydrogen-bond acceptors (Lipinski definition) is 0. The van der Waals surface area contributed by atoms with E-state index in [4.69, 9.17) is 0 Å². The van der Waals surface area contributed by atoms with E-state index in [2.05, 4.69) is 27.7 Å². The minimum atomic E-state index is -1.75. The van der Waals surface area contributed by atoms with Crippen molar-refractivity contribution in [2.75, 3.05) is 0 Å². The van der Waals surface area contributed by atoms with E-state index >= 15 is 0 Å². The normalized spacial score (nSPS) is 12.0. The van der Waals surface area contributed by atoms with Crippen LogP contribution >= 0.6 is 0 Å². The molecule has 0 saturated heterocycles. The zero-order chi connectivity index (χ0) is 13.0. The molecule has 0 heterocycles. The molecule has 0 N–H and O–H groups in total. The van der Waals surface area contributed by atoms with Crippen LogP contribution in [0.3, 0.4) is 0 Å². The minimum absolute atomic E-state index is 1.42. The molecule has 0 aliphatic heterocycles. The van der Waals surface area contributed by atoms with E-state index < -0.39 is 20.3 Å². The zero-order valence-electron chi connectivity index (χ0n) is 12.9.